The average Bonchev–Trinajstić information content (AvgIpc) is 3.19. The number of amides is 2. The summed E-state index contributed by atoms with van der Waals surface area (Å²) in [6.45, 7) is 7.53. The molecule has 1 aromatic heterocycles. The van der Waals surface area contributed by atoms with E-state index in [-0.39, 0.29) is 29.6 Å². The number of piperidine rings is 1. The molecule has 2 atom stereocenters. The fraction of sp³-hybridized carbons (Fsp3) is 0.367. The topological polar surface area (TPSA) is 75.9 Å². The van der Waals surface area contributed by atoms with Crippen LogP contribution in [0.5, 0.6) is 5.75 Å². The van der Waals surface area contributed by atoms with E-state index in [4.69, 9.17) is 16.3 Å². The molecule has 1 fully saturated rings. The maximum absolute atomic E-state index is 13.3. The highest BCUT2D eigenvalue weighted by molar-refractivity contribution is 6.31. The summed E-state index contributed by atoms with van der Waals surface area (Å²) in [5, 5.41) is 3.65. The van der Waals surface area contributed by atoms with Crippen LogP contribution in [-0.4, -0.2) is 46.2 Å². The summed E-state index contributed by atoms with van der Waals surface area (Å²) in [6.07, 6.45) is -0.0645. The van der Waals surface area contributed by atoms with Gasteiger partial charge in [0.15, 0.2) is 6.61 Å². The molecule has 0 aliphatic carbocycles. The van der Waals surface area contributed by atoms with Gasteiger partial charge < -0.3 is 14.2 Å². The molecule has 11 heteroatoms. The van der Waals surface area contributed by atoms with Crippen LogP contribution in [0.15, 0.2) is 53.6 Å². The molecule has 1 aliphatic heterocycles. The number of rotatable bonds is 7. The van der Waals surface area contributed by atoms with Crippen molar-refractivity contribution in [3.63, 3.8) is 0 Å². The Morgan fingerprint density at radius 1 is 1.07 bits per heavy atom. The third-order valence-corrected chi connectivity index (χ3v) is 7.64. The number of hydrogen-bond acceptors (Lipinski definition) is 4. The van der Waals surface area contributed by atoms with E-state index in [9.17, 15) is 22.8 Å². The molecule has 41 heavy (non-hydrogen) atoms. The van der Waals surface area contributed by atoms with E-state index in [0.717, 1.165) is 25.3 Å². The van der Waals surface area contributed by atoms with Gasteiger partial charge in [-0.25, -0.2) is 5.43 Å². The smallest absolute Gasteiger partial charge is 0.417 e. The van der Waals surface area contributed by atoms with Gasteiger partial charge in [0.25, 0.3) is 11.8 Å². The van der Waals surface area contributed by atoms with Crippen LogP contribution in [0.1, 0.15) is 66.0 Å². The maximum Gasteiger partial charge on any atom is 0.417 e. The molecule has 4 rings (SSSR count). The molecule has 1 N–H and O–H groups in total. The summed E-state index contributed by atoms with van der Waals surface area (Å²) in [5.41, 5.74) is 4.13. The van der Waals surface area contributed by atoms with E-state index >= 15 is 0 Å². The Bertz CT molecular complexity index is 1440. The van der Waals surface area contributed by atoms with Crippen LogP contribution in [0, 0.1) is 13.8 Å². The number of nitrogens with one attached hydrogen (secondary N) is 1. The molecule has 7 nitrogen and oxygen atoms in total. The van der Waals surface area contributed by atoms with Gasteiger partial charge in [0.1, 0.15) is 5.75 Å². The number of benzene rings is 2. The van der Waals surface area contributed by atoms with Gasteiger partial charge >= 0.3 is 6.18 Å². The number of alkyl halides is 3. The number of carbonyl (C=O) groups is 2. The van der Waals surface area contributed by atoms with Crippen molar-refractivity contribution in [2.45, 2.75) is 65.2 Å². The molecule has 1 saturated heterocycles. The molecule has 0 unspecified atom stereocenters. The molecule has 1 aliphatic rings. The predicted octanol–water partition coefficient (Wildman–Crippen LogP) is 6.70. The quantitative estimate of drug-likeness (QED) is 0.247. The van der Waals surface area contributed by atoms with E-state index in [1.807, 2.05) is 18.7 Å². The highest BCUT2D eigenvalue weighted by atomic mass is 35.5. The van der Waals surface area contributed by atoms with Crippen LogP contribution in [0.4, 0.5) is 13.2 Å². The zero-order valence-electron chi connectivity index (χ0n) is 23.3. The number of nitrogens with zero attached hydrogens (tertiary/aromatic N) is 3. The van der Waals surface area contributed by atoms with Crippen molar-refractivity contribution in [1.29, 1.82) is 0 Å². The van der Waals surface area contributed by atoms with Crippen molar-refractivity contribution in [3.8, 4) is 11.4 Å². The lowest BCUT2D eigenvalue weighted by atomic mass is 9.97. The minimum Gasteiger partial charge on any atom is -0.484 e. The summed E-state index contributed by atoms with van der Waals surface area (Å²) in [5.74, 6) is -0.0442. The molecule has 3 aromatic rings. The molecular weight excluding hydrogens is 557 g/mol. The number of aryl methyl sites for hydroxylation is 1. The van der Waals surface area contributed by atoms with Crippen molar-refractivity contribution in [1.82, 2.24) is 14.9 Å². The Hall–Kier alpha value is -3.79. The Morgan fingerprint density at radius 3 is 2.37 bits per heavy atom. The fourth-order valence-electron chi connectivity index (χ4n) is 5.25. The van der Waals surface area contributed by atoms with Gasteiger partial charge in [-0.3, -0.25) is 9.59 Å². The summed E-state index contributed by atoms with van der Waals surface area (Å²) < 4.78 is 47.4. The first-order chi connectivity index (χ1) is 19.4. The number of likely N-dealkylation sites (tertiary alicyclic amines) is 1. The zero-order chi connectivity index (χ0) is 29.9. The number of carbonyl (C=O) groups excluding carboxylic acids is 2. The molecule has 0 saturated carbocycles. The number of halogens is 4. The van der Waals surface area contributed by atoms with Gasteiger partial charge in [0.2, 0.25) is 0 Å². The molecule has 2 heterocycles. The van der Waals surface area contributed by atoms with Crippen molar-refractivity contribution in [2.75, 3.05) is 6.61 Å². The van der Waals surface area contributed by atoms with Gasteiger partial charge in [0, 0.05) is 40.3 Å². The van der Waals surface area contributed by atoms with Crippen LogP contribution >= 0.6 is 11.6 Å². The second-order valence-electron chi connectivity index (χ2n) is 10.3. The number of hydrazone groups is 1. The Kier molecular flexibility index (Phi) is 9.11. The molecule has 0 radical (unpaired) electrons. The Morgan fingerprint density at radius 2 is 1.73 bits per heavy atom. The summed E-state index contributed by atoms with van der Waals surface area (Å²) in [4.78, 5) is 27.1. The van der Waals surface area contributed by atoms with E-state index < -0.39 is 17.6 Å². The summed E-state index contributed by atoms with van der Waals surface area (Å²) >= 11 is 5.76. The molecular formula is C30H32ClF3N4O3. The van der Waals surface area contributed by atoms with Crippen molar-refractivity contribution in [2.24, 2.45) is 5.10 Å². The Labute approximate surface area is 241 Å². The van der Waals surface area contributed by atoms with Gasteiger partial charge in [0.05, 0.1) is 16.8 Å². The molecule has 2 aromatic carbocycles. The minimum atomic E-state index is -4.58. The third kappa shape index (κ3) is 6.93. The first-order valence-electron chi connectivity index (χ1n) is 13.3. The SMILES string of the molecule is Cc1cc(/C=N\NC(=O)c2ccc(OCC(=O)N3[C@@H](C)CCC[C@@H]3C)cc2)c(C)n1-c1ccc(Cl)c(C(F)(F)F)c1. The monoisotopic (exact) mass is 588 g/mol. The lowest BCUT2D eigenvalue weighted by molar-refractivity contribution is -0.139. The number of aromatic nitrogens is 1. The van der Waals surface area contributed by atoms with Crippen LogP contribution < -0.4 is 10.2 Å². The highest BCUT2D eigenvalue weighted by Crippen LogP contribution is 2.36. The van der Waals surface area contributed by atoms with Gasteiger partial charge in [-0.1, -0.05) is 11.6 Å². The van der Waals surface area contributed by atoms with Gasteiger partial charge in [-0.15, -0.1) is 0 Å². The molecule has 0 bridgehead atoms. The first-order valence-corrected chi connectivity index (χ1v) is 13.7. The molecule has 0 spiro atoms. The number of ether oxygens (including phenoxy) is 1. The predicted molar refractivity (Wildman–Crippen MR) is 152 cm³/mol. The molecule has 2 amide bonds. The second kappa shape index (κ2) is 12.4. The van der Waals surface area contributed by atoms with Crippen molar-refractivity contribution < 1.29 is 27.5 Å². The number of hydrogen-bond donors (Lipinski definition) is 1. The minimum absolute atomic E-state index is 0.0583. The lowest BCUT2D eigenvalue weighted by Crippen LogP contribution is -2.49. The summed E-state index contributed by atoms with van der Waals surface area (Å²) in [7, 11) is 0. The Balaban J connectivity index is 1.37. The van der Waals surface area contributed by atoms with Crippen LogP contribution in [0.25, 0.3) is 5.69 Å². The van der Waals surface area contributed by atoms with Crippen LogP contribution in [-0.2, 0) is 11.0 Å². The lowest BCUT2D eigenvalue weighted by Gasteiger charge is -2.38. The van der Waals surface area contributed by atoms with Gasteiger partial charge in [-0.2, -0.15) is 18.3 Å². The van der Waals surface area contributed by atoms with Crippen molar-refractivity contribution in [3.05, 3.63) is 81.6 Å². The molecule has 218 valence electrons. The summed E-state index contributed by atoms with van der Waals surface area (Å²) in [6, 6.07) is 12.2. The van der Waals surface area contributed by atoms with E-state index in [1.165, 1.54) is 18.3 Å². The van der Waals surface area contributed by atoms with Gasteiger partial charge in [-0.05, 0) is 95.5 Å². The first kappa shape index (κ1) is 30.2. The fourth-order valence-corrected chi connectivity index (χ4v) is 5.47. The van der Waals surface area contributed by atoms with E-state index in [1.54, 1.807) is 48.7 Å². The highest BCUT2D eigenvalue weighted by Gasteiger charge is 2.34. The normalized spacial score (nSPS) is 17.6. The van der Waals surface area contributed by atoms with E-state index in [0.29, 0.717) is 34.0 Å². The van der Waals surface area contributed by atoms with Crippen LogP contribution in [0.2, 0.25) is 5.02 Å². The van der Waals surface area contributed by atoms with Crippen molar-refractivity contribution >= 4 is 29.6 Å². The maximum atomic E-state index is 13.3. The average molecular weight is 589 g/mol. The largest absolute Gasteiger partial charge is 0.484 e. The standard InChI is InChI=1S/C30H32ClF3N4O3/c1-18-6-5-7-19(2)37(18)28(39)17-41-25-11-8-22(9-12-25)29(40)36-35-16-23-14-20(3)38(21(23)4)24-10-13-27(31)26(15-24)30(32,33)34/h8-16,18-19H,5-7,17H2,1-4H3,(H,36,40)/b35-16-/t18-,19-/m0/s1. The second-order valence-corrected chi connectivity index (χ2v) is 10.7. The van der Waals surface area contributed by atoms with Crippen LogP contribution in [0.3, 0.4) is 0 Å². The third-order valence-electron chi connectivity index (χ3n) is 7.31. The van der Waals surface area contributed by atoms with E-state index in [2.05, 4.69) is 10.5 Å². The zero-order valence-corrected chi connectivity index (χ0v) is 24.0.